The van der Waals surface area contributed by atoms with E-state index in [1.165, 1.54) is 0 Å². The first kappa shape index (κ1) is 15.5. The Balaban J connectivity index is 1.40. The SMILES string of the molecule is C[C@H](NCc1nc(Cc2ccccc2)no1)c1nnc2ccccn12. The largest absolute Gasteiger partial charge is 0.338 e. The van der Waals surface area contributed by atoms with E-state index >= 15 is 0 Å². The molecule has 0 aliphatic rings. The average molecular weight is 334 g/mol. The lowest BCUT2D eigenvalue weighted by molar-refractivity contribution is 0.355. The molecule has 7 heteroatoms. The van der Waals surface area contributed by atoms with Crippen molar-refractivity contribution in [1.82, 2.24) is 30.1 Å². The van der Waals surface area contributed by atoms with Gasteiger partial charge in [0.15, 0.2) is 17.3 Å². The van der Waals surface area contributed by atoms with Gasteiger partial charge in [-0.3, -0.25) is 9.72 Å². The Kier molecular flexibility index (Phi) is 4.22. The van der Waals surface area contributed by atoms with E-state index in [9.17, 15) is 0 Å². The van der Waals surface area contributed by atoms with Crippen LogP contribution in [0.5, 0.6) is 0 Å². The fourth-order valence-corrected chi connectivity index (χ4v) is 2.70. The van der Waals surface area contributed by atoms with Crippen molar-refractivity contribution in [3.8, 4) is 0 Å². The molecule has 4 aromatic rings. The molecule has 0 radical (unpaired) electrons. The molecule has 3 aromatic heterocycles. The minimum atomic E-state index is 0.00173. The van der Waals surface area contributed by atoms with Gasteiger partial charge in [0, 0.05) is 12.6 Å². The van der Waals surface area contributed by atoms with Crippen LogP contribution in [0.15, 0.2) is 59.3 Å². The van der Waals surface area contributed by atoms with Crippen molar-refractivity contribution in [3.05, 3.63) is 77.8 Å². The molecule has 4 rings (SSSR count). The van der Waals surface area contributed by atoms with Gasteiger partial charge in [0.25, 0.3) is 0 Å². The van der Waals surface area contributed by atoms with E-state index < -0.39 is 0 Å². The van der Waals surface area contributed by atoms with Crippen LogP contribution in [0.1, 0.15) is 36.1 Å². The van der Waals surface area contributed by atoms with Crippen molar-refractivity contribution < 1.29 is 4.52 Å². The Morgan fingerprint density at radius 3 is 2.80 bits per heavy atom. The van der Waals surface area contributed by atoms with E-state index in [0.717, 1.165) is 17.0 Å². The number of hydrogen-bond acceptors (Lipinski definition) is 6. The van der Waals surface area contributed by atoms with Gasteiger partial charge in [0.1, 0.15) is 0 Å². The molecule has 0 fully saturated rings. The third kappa shape index (κ3) is 3.41. The first-order chi connectivity index (χ1) is 12.3. The summed E-state index contributed by atoms with van der Waals surface area (Å²) in [5, 5.41) is 15.8. The zero-order chi connectivity index (χ0) is 17.1. The number of aromatic nitrogens is 5. The highest BCUT2D eigenvalue weighted by Gasteiger charge is 2.14. The van der Waals surface area contributed by atoms with E-state index in [1.807, 2.05) is 66.1 Å². The second kappa shape index (κ2) is 6.82. The van der Waals surface area contributed by atoms with Crippen LogP contribution < -0.4 is 5.32 Å². The zero-order valence-corrected chi connectivity index (χ0v) is 13.8. The van der Waals surface area contributed by atoms with Crippen molar-refractivity contribution >= 4 is 5.65 Å². The average Bonchev–Trinajstić information content (AvgIpc) is 3.27. The number of benzene rings is 1. The van der Waals surface area contributed by atoms with E-state index in [0.29, 0.717) is 24.7 Å². The Hall–Kier alpha value is -3.06. The van der Waals surface area contributed by atoms with Crippen LogP contribution >= 0.6 is 0 Å². The summed E-state index contributed by atoms with van der Waals surface area (Å²) in [6, 6.07) is 15.9. The molecule has 0 amide bonds. The van der Waals surface area contributed by atoms with E-state index in [-0.39, 0.29) is 6.04 Å². The summed E-state index contributed by atoms with van der Waals surface area (Å²) in [4.78, 5) is 4.44. The first-order valence-electron chi connectivity index (χ1n) is 8.18. The highest BCUT2D eigenvalue weighted by molar-refractivity contribution is 5.37. The third-order valence-corrected chi connectivity index (χ3v) is 4.00. The maximum atomic E-state index is 5.33. The monoisotopic (exact) mass is 334 g/mol. The number of fused-ring (bicyclic) bond motifs is 1. The second-order valence-electron chi connectivity index (χ2n) is 5.86. The molecule has 1 atom stereocenters. The summed E-state index contributed by atoms with van der Waals surface area (Å²) in [7, 11) is 0. The lowest BCUT2D eigenvalue weighted by atomic mass is 10.1. The van der Waals surface area contributed by atoms with Crippen molar-refractivity contribution in [3.63, 3.8) is 0 Å². The van der Waals surface area contributed by atoms with E-state index in [4.69, 9.17) is 4.52 Å². The fraction of sp³-hybridized carbons (Fsp3) is 0.222. The van der Waals surface area contributed by atoms with Crippen LogP contribution in [-0.2, 0) is 13.0 Å². The van der Waals surface area contributed by atoms with Crippen molar-refractivity contribution in [1.29, 1.82) is 0 Å². The summed E-state index contributed by atoms with van der Waals surface area (Å²) in [5.74, 6) is 2.09. The lowest BCUT2D eigenvalue weighted by Gasteiger charge is -2.10. The van der Waals surface area contributed by atoms with Gasteiger partial charge in [-0.05, 0) is 24.6 Å². The Morgan fingerprint density at radius 1 is 1.08 bits per heavy atom. The minimum absolute atomic E-state index is 0.00173. The predicted molar refractivity (Wildman–Crippen MR) is 91.8 cm³/mol. The summed E-state index contributed by atoms with van der Waals surface area (Å²) in [5.41, 5.74) is 1.99. The molecule has 0 bridgehead atoms. The van der Waals surface area contributed by atoms with Gasteiger partial charge in [-0.25, -0.2) is 0 Å². The molecule has 0 saturated carbocycles. The van der Waals surface area contributed by atoms with Crippen LogP contribution in [0.4, 0.5) is 0 Å². The van der Waals surface area contributed by atoms with Crippen LogP contribution in [0, 0.1) is 0 Å². The van der Waals surface area contributed by atoms with E-state index in [1.54, 1.807) is 0 Å². The van der Waals surface area contributed by atoms with Crippen LogP contribution in [0.3, 0.4) is 0 Å². The Bertz CT molecular complexity index is 962. The summed E-state index contributed by atoms with van der Waals surface area (Å²) in [6.45, 7) is 2.51. The van der Waals surface area contributed by atoms with Gasteiger partial charge in [-0.1, -0.05) is 41.6 Å². The first-order valence-corrected chi connectivity index (χ1v) is 8.18. The van der Waals surface area contributed by atoms with Gasteiger partial charge >= 0.3 is 0 Å². The quantitative estimate of drug-likeness (QED) is 0.584. The number of nitrogens with one attached hydrogen (secondary N) is 1. The molecule has 1 N–H and O–H groups in total. The number of rotatable bonds is 6. The van der Waals surface area contributed by atoms with Crippen LogP contribution in [0.25, 0.3) is 5.65 Å². The fourth-order valence-electron chi connectivity index (χ4n) is 2.70. The summed E-state index contributed by atoms with van der Waals surface area (Å²) >= 11 is 0. The van der Waals surface area contributed by atoms with Gasteiger partial charge in [0.05, 0.1) is 12.6 Å². The van der Waals surface area contributed by atoms with Gasteiger partial charge in [-0.15, -0.1) is 10.2 Å². The maximum Gasteiger partial charge on any atom is 0.240 e. The zero-order valence-electron chi connectivity index (χ0n) is 13.8. The summed E-state index contributed by atoms with van der Waals surface area (Å²) < 4.78 is 7.29. The number of hydrogen-bond donors (Lipinski definition) is 1. The number of pyridine rings is 1. The molecule has 0 spiro atoms. The standard InChI is InChI=1S/C18H18N6O/c1-13(18-22-21-16-9-5-6-10-24(16)18)19-12-17-20-15(23-25-17)11-14-7-3-2-4-8-14/h2-10,13,19H,11-12H2,1H3/t13-/m0/s1. The maximum absolute atomic E-state index is 5.33. The molecule has 0 aliphatic heterocycles. The molecule has 126 valence electrons. The lowest BCUT2D eigenvalue weighted by Crippen LogP contribution is -2.20. The molecule has 1 aromatic carbocycles. The minimum Gasteiger partial charge on any atom is -0.338 e. The highest BCUT2D eigenvalue weighted by Crippen LogP contribution is 2.13. The Labute approximate surface area is 144 Å². The van der Waals surface area contributed by atoms with Crippen molar-refractivity contribution in [2.45, 2.75) is 25.9 Å². The molecule has 25 heavy (non-hydrogen) atoms. The van der Waals surface area contributed by atoms with Gasteiger partial charge in [-0.2, -0.15) is 4.98 Å². The van der Waals surface area contributed by atoms with Crippen molar-refractivity contribution in [2.75, 3.05) is 0 Å². The number of nitrogens with zero attached hydrogens (tertiary/aromatic N) is 5. The summed E-state index contributed by atoms with van der Waals surface area (Å²) in [6.07, 6.45) is 2.61. The predicted octanol–water partition coefficient (Wildman–Crippen LogP) is 2.55. The third-order valence-electron chi connectivity index (χ3n) is 4.00. The highest BCUT2D eigenvalue weighted by atomic mass is 16.5. The molecular formula is C18H18N6O. The normalized spacial score (nSPS) is 12.5. The van der Waals surface area contributed by atoms with Gasteiger partial charge in [0.2, 0.25) is 5.89 Å². The molecular weight excluding hydrogens is 316 g/mol. The topological polar surface area (TPSA) is 81.1 Å². The molecule has 7 nitrogen and oxygen atoms in total. The second-order valence-corrected chi connectivity index (χ2v) is 5.86. The van der Waals surface area contributed by atoms with Crippen LogP contribution in [-0.4, -0.2) is 24.7 Å². The van der Waals surface area contributed by atoms with Crippen molar-refractivity contribution in [2.24, 2.45) is 0 Å². The molecule has 0 saturated heterocycles. The van der Waals surface area contributed by atoms with E-state index in [2.05, 4.69) is 25.7 Å². The Morgan fingerprint density at radius 2 is 1.92 bits per heavy atom. The van der Waals surface area contributed by atoms with Gasteiger partial charge < -0.3 is 4.52 Å². The molecule has 0 aliphatic carbocycles. The smallest absolute Gasteiger partial charge is 0.240 e. The molecule has 3 heterocycles. The van der Waals surface area contributed by atoms with Crippen LogP contribution in [0.2, 0.25) is 0 Å². The molecule has 0 unspecified atom stereocenters.